The third-order valence-electron chi connectivity index (χ3n) is 2.55. The fourth-order valence-corrected chi connectivity index (χ4v) is 1.06. The Labute approximate surface area is 86.3 Å². The molecule has 0 radical (unpaired) electrons. The number of nitrogens with one attached hydrogen (secondary N) is 1. The van der Waals surface area contributed by atoms with Crippen molar-refractivity contribution >= 4 is 5.91 Å². The summed E-state index contributed by atoms with van der Waals surface area (Å²) in [7, 11) is 3.44. The molecule has 0 aliphatic rings. The van der Waals surface area contributed by atoms with E-state index < -0.39 is 5.60 Å². The van der Waals surface area contributed by atoms with E-state index in [1.807, 2.05) is 13.8 Å². The highest BCUT2D eigenvalue weighted by Crippen LogP contribution is 2.12. The maximum atomic E-state index is 11.2. The predicted octanol–water partition coefficient (Wildman–Crippen LogP) is 0.215. The zero-order valence-corrected chi connectivity index (χ0v) is 9.63. The third kappa shape index (κ3) is 4.58. The lowest BCUT2D eigenvalue weighted by atomic mass is 9.98. The van der Waals surface area contributed by atoms with E-state index in [2.05, 4.69) is 5.32 Å². The number of nitrogens with zero attached hydrogens (tertiary/aromatic N) is 1. The van der Waals surface area contributed by atoms with E-state index >= 15 is 0 Å². The van der Waals surface area contributed by atoms with E-state index in [1.165, 1.54) is 4.90 Å². The van der Waals surface area contributed by atoms with Crippen LogP contribution in [0.1, 0.15) is 26.7 Å². The topological polar surface area (TPSA) is 52.6 Å². The molecule has 0 atom stereocenters. The van der Waals surface area contributed by atoms with Crippen LogP contribution in [-0.2, 0) is 4.79 Å². The minimum Gasteiger partial charge on any atom is -0.389 e. The summed E-state index contributed by atoms with van der Waals surface area (Å²) >= 11 is 0. The molecule has 84 valence electrons. The van der Waals surface area contributed by atoms with Gasteiger partial charge in [0.15, 0.2) is 0 Å². The molecule has 0 fully saturated rings. The van der Waals surface area contributed by atoms with Crippen LogP contribution in [0.2, 0.25) is 0 Å². The number of aliphatic hydroxyl groups is 1. The van der Waals surface area contributed by atoms with Crippen molar-refractivity contribution in [1.29, 1.82) is 0 Å². The van der Waals surface area contributed by atoms with Crippen LogP contribution in [-0.4, -0.2) is 48.7 Å². The van der Waals surface area contributed by atoms with Crippen molar-refractivity contribution in [2.75, 3.05) is 27.2 Å². The summed E-state index contributed by atoms with van der Waals surface area (Å²) < 4.78 is 0. The van der Waals surface area contributed by atoms with Crippen molar-refractivity contribution in [2.24, 2.45) is 0 Å². The molecule has 0 aromatic rings. The maximum Gasteiger partial charge on any atom is 0.236 e. The van der Waals surface area contributed by atoms with Crippen LogP contribution in [0.5, 0.6) is 0 Å². The van der Waals surface area contributed by atoms with Crippen molar-refractivity contribution in [1.82, 2.24) is 10.2 Å². The Morgan fingerprint density at radius 2 is 1.86 bits per heavy atom. The Bertz CT molecular complexity index is 177. The summed E-state index contributed by atoms with van der Waals surface area (Å²) in [5.74, 6) is 0.0274. The molecule has 2 N–H and O–H groups in total. The zero-order valence-electron chi connectivity index (χ0n) is 9.63. The Hall–Kier alpha value is -0.610. The Balaban J connectivity index is 3.78. The lowest BCUT2D eigenvalue weighted by Gasteiger charge is -2.25. The van der Waals surface area contributed by atoms with E-state index in [1.54, 1.807) is 14.1 Å². The number of carbonyl (C=O) groups is 1. The standard InChI is InChI=1S/C10H22N2O2/c1-5-10(14,6-2)8-11-7-9(13)12(3)4/h11,14H,5-8H2,1-4H3. The smallest absolute Gasteiger partial charge is 0.236 e. The highest BCUT2D eigenvalue weighted by Gasteiger charge is 2.21. The van der Waals surface area contributed by atoms with Gasteiger partial charge < -0.3 is 15.3 Å². The lowest BCUT2D eigenvalue weighted by molar-refractivity contribution is -0.127. The number of hydrogen-bond acceptors (Lipinski definition) is 3. The molecule has 0 heterocycles. The van der Waals surface area contributed by atoms with Crippen molar-refractivity contribution in [2.45, 2.75) is 32.3 Å². The predicted molar refractivity (Wildman–Crippen MR) is 57.1 cm³/mol. The second-order valence-corrected chi connectivity index (χ2v) is 3.82. The molecule has 0 aliphatic heterocycles. The molecule has 0 bridgehead atoms. The minimum absolute atomic E-state index is 0.0274. The second kappa shape index (κ2) is 5.98. The van der Waals surface area contributed by atoms with Gasteiger partial charge in [-0.25, -0.2) is 0 Å². The molecular weight excluding hydrogens is 180 g/mol. The second-order valence-electron chi connectivity index (χ2n) is 3.82. The minimum atomic E-state index is -0.674. The zero-order chi connectivity index (χ0) is 11.2. The van der Waals surface area contributed by atoms with Gasteiger partial charge in [-0.2, -0.15) is 0 Å². The van der Waals surface area contributed by atoms with Gasteiger partial charge in [0.25, 0.3) is 0 Å². The van der Waals surface area contributed by atoms with Crippen LogP contribution in [0.25, 0.3) is 0 Å². The quantitative estimate of drug-likeness (QED) is 0.647. The van der Waals surface area contributed by atoms with Gasteiger partial charge >= 0.3 is 0 Å². The fourth-order valence-electron chi connectivity index (χ4n) is 1.06. The SMILES string of the molecule is CCC(O)(CC)CNCC(=O)N(C)C. The molecule has 0 unspecified atom stereocenters. The summed E-state index contributed by atoms with van der Waals surface area (Å²) in [6.45, 7) is 4.65. The molecule has 0 aliphatic carbocycles. The molecule has 4 nitrogen and oxygen atoms in total. The number of carbonyl (C=O) groups excluding carboxylic acids is 1. The molecule has 0 aromatic heterocycles. The fraction of sp³-hybridized carbons (Fsp3) is 0.900. The van der Waals surface area contributed by atoms with Crippen LogP contribution in [0, 0.1) is 0 Å². The van der Waals surface area contributed by atoms with Gasteiger partial charge in [-0.05, 0) is 12.8 Å². The average molecular weight is 202 g/mol. The average Bonchev–Trinajstić information content (AvgIpc) is 2.17. The van der Waals surface area contributed by atoms with E-state index in [-0.39, 0.29) is 12.5 Å². The first-order valence-corrected chi connectivity index (χ1v) is 5.08. The van der Waals surface area contributed by atoms with E-state index in [0.717, 1.165) is 0 Å². The first kappa shape index (κ1) is 13.4. The van der Waals surface area contributed by atoms with Gasteiger partial charge in [0.05, 0.1) is 12.1 Å². The van der Waals surface area contributed by atoms with Crippen LogP contribution >= 0.6 is 0 Å². The lowest BCUT2D eigenvalue weighted by Crippen LogP contribution is -2.43. The summed E-state index contributed by atoms with van der Waals surface area (Å²) in [6, 6.07) is 0. The third-order valence-corrected chi connectivity index (χ3v) is 2.55. The normalized spacial score (nSPS) is 11.5. The Kier molecular flexibility index (Phi) is 5.72. The van der Waals surface area contributed by atoms with Gasteiger partial charge in [0.1, 0.15) is 0 Å². The van der Waals surface area contributed by atoms with Crippen LogP contribution in [0.15, 0.2) is 0 Å². The van der Waals surface area contributed by atoms with Gasteiger partial charge in [-0.3, -0.25) is 4.79 Å². The molecule has 14 heavy (non-hydrogen) atoms. The van der Waals surface area contributed by atoms with Gasteiger partial charge in [0, 0.05) is 20.6 Å². The Morgan fingerprint density at radius 3 is 2.21 bits per heavy atom. The summed E-state index contributed by atoms with van der Waals surface area (Å²) in [5.41, 5.74) is -0.674. The molecule has 4 heteroatoms. The maximum absolute atomic E-state index is 11.2. The number of hydrogen-bond donors (Lipinski definition) is 2. The largest absolute Gasteiger partial charge is 0.389 e. The van der Waals surface area contributed by atoms with Crippen molar-refractivity contribution in [3.8, 4) is 0 Å². The molecule has 0 spiro atoms. The molecule has 1 amide bonds. The molecule has 0 saturated carbocycles. The molecule has 0 saturated heterocycles. The molecule has 0 rings (SSSR count). The van der Waals surface area contributed by atoms with E-state index in [0.29, 0.717) is 19.4 Å². The highest BCUT2D eigenvalue weighted by atomic mass is 16.3. The number of likely N-dealkylation sites (N-methyl/N-ethyl adjacent to an activating group) is 1. The van der Waals surface area contributed by atoms with Gasteiger partial charge in [-0.15, -0.1) is 0 Å². The first-order chi connectivity index (χ1) is 6.45. The first-order valence-electron chi connectivity index (χ1n) is 5.08. The molecular formula is C10H22N2O2. The van der Waals surface area contributed by atoms with Crippen LogP contribution in [0.3, 0.4) is 0 Å². The van der Waals surface area contributed by atoms with Crippen molar-refractivity contribution in [3.05, 3.63) is 0 Å². The van der Waals surface area contributed by atoms with Gasteiger partial charge in [-0.1, -0.05) is 13.8 Å². The molecule has 0 aromatic carbocycles. The summed E-state index contributed by atoms with van der Waals surface area (Å²) in [6.07, 6.45) is 1.40. The monoisotopic (exact) mass is 202 g/mol. The van der Waals surface area contributed by atoms with Crippen molar-refractivity contribution < 1.29 is 9.90 Å². The summed E-state index contributed by atoms with van der Waals surface area (Å²) in [5, 5.41) is 12.9. The van der Waals surface area contributed by atoms with Crippen molar-refractivity contribution in [3.63, 3.8) is 0 Å². The van der Waals surface area contributed by atoms with Gasteiger partial charge in [0.2, 0.25) is 5.91 Å². The highest BCUT2D eigenvalue weighted by molar-refractivity contribution is 5.77. The van der Waals surface area contributed by atoms with E-state index in [4.69, 9.17) is 0 Å². The number of rotatable bonds is 6. The Morgan fingerprint density at radius 1 is 1.36 bits per heavy atom. The number of amides is 1. The van der Waals surface area contributed by atoms with Crippen LogP contribution < -0.4 is 5.32 Å². The van der Waals surface area contributed by atoms with Crippen LogP contribution in [0.4, 0.5) is 0 Å². The summed E-state index contributed by atoms with van der Waals surface area (Å²) in [4.78, 5) is 12.7. The van der Waals surface area contributed by atoms with E-state index in [9.17, 15) is 9.90 Å².